The molecule has 0 aromatic heterocycles. The number of benzene rings is 3. The molecule has 28 heavy (non-hydrogen) atoms. The summed E-state index contributed by atoms with van der Waals surface area (Å²) in [6.45, 7) is 1.94. The number of ether oxygens (including phenoxy) is 2. The van der Waals surface area contributed by atoms with Crippen LogP contribution >= 0.6 is 0 Å². The molecule has 0 amide bonds. The second kappa shape index (κ2) is 8.44. The van der Waals surface area contributed by atoms with Crippen LogP contribution < -0.4 is 9.47 Å². The first-order chi connectivity index (χ1) is 13.8. The summed E-state index contributed by atoms with van der Waals surface area (Å²) in [7, 11) is 1.45. The summed E-state index contributed by atoms with van der Waals surface area (Å²) in [5.74, 6) is 0.577. The molecule has 3 aromatic carbocycles. The molecule has 1 atom stereocenters. The zero-order chi connectivity index (χ0) is 19.3. The van der Waals surface area contributed by atoms with Crippen molar-refractivity contribution in [2.24, 2.45) is 0 Å². The van der Waals surface area contributed by atoms with E-state index in [2.05, 4.69) is 35.2 Å². The highest BCUT2D eigenvalue weighted by atomic mass is 19.1. The number of hydrogen-bond donors (Lipinski definition) is 0. The number of halogens is 1. The van der Waals surface area contributed by atoms with Crippen molar-refractivity contribution in [1.82, 2.24) is 4.90 Å². The second-order valence-corrected chi connectivity index (χ2v) is 7.03. The smallest absolute Gasteiger partial charge is 0.207 e. The van der Waals surface area contributed by atoms with Crippen LogP contribution in [0.5, 0.6) is 17.2 Å². The van der Waals surface area contributed by atoms with E-state index in [1.807, 2.05) is 24.3 Å². The molecule has 0 bridgehead atoms. The van der Waals surface area contributed by atoms with Gasteiger partial charge in [-0.1, -0.05) is 54.6 Å². The number of likely N-dealkylation sites (tertiary alicyclic amines) is 1. The van der Waals surface area contributed by atoms with Gasteiger partial charge in [0.25, 0.3) is 0 Å². The molecule has 0 aliphatic carbocycles. The molecular formula is C24H24FNO2. The van der Waals surface area contributed by atoms with Gasteiger partial charge >= 0.3 is 0 Å². The maximum Gasteiger partial charge on any atom is 0.207 e. The summed E-state index contributed by atoms with van der Waals surface area (Å²) in [6, 6.07) is 23.6. The maximum atomic E-state index is 14.6. The number of rotatable bonds is 6. The van der Waals surface area contributed by atoms with Crippen LogP contribution in [0.25, 0.3) is 0 Å². The van der Waals surface area contributed by atoms with E-state index in [1.165, 1.54) is 12.7 Å². The van der Waals surface area contributed by atoms with Gasteiger partial charge in [0, 0.05) is 18.2 Å². The van der Waals surface area contributed by atoms with E-state index in [-0.39, 0.29) is 17.5 Å². The van der Waals surface area contributed by atoms with Crippen LogP contribution in [-0.4, -0.2) is 18.6 Å². The molecular weight excluding hydrogens is 353 g/mol. The summed E-state index contributed by atoms with van der Waals surface area (Å²) in [4.78, 5) is 2.47. The van der Waals surface area contributed by atoms with Crippen LogP contribution in [0.2, 0.25) is 0 Å². The highest BCUT2D eigenvalue weighted by Crippen LogP contribution is 2.40. The van der Waals surface area contributed by atoms with E-state index in [1.54, 1.807) is 18.2 Å². The van der Waals surface area contributed by atoms with Gasteiger partial charge in [0.15, 0.2) is 11.5 Å². The normalized spacial score (nSPS) is 16.9. The van der Waals surface area contributed by atoms with Gasteiger partial charge in [-0.15, -0.1) is 0 Å². The average molecular weight is 377 g/mol. The number of nitrogens with zero attached hydrogens (tertiary/aromatic N) is 1. The first kappa shape index (κ1) is 18.5. The lowest BCUT2D eigenvalue weighted by atomic mass is 10.0. The minimum atomic E-state index is -0.479. The zero-order valence-electron chi connectivity index (χ0n) is 16.0. The summed E-state index contributed by atoms with van der Waals surface area (Å²) in [5.41, 5.74) is 2.39. The fourth-order valence-corrected chi connectivity index (χ4v) is 3.88. The second-order valence-electron chi connectivity index (χ2n) is 7.03. The molecule has 1 heterocycles. The van der Waals surface area contributed by atoms with Gasteiger partial charge in [-0.3, -0.25) is 4.90 Å². The summed E-state index contributed by atoms with van der Waals surface area (Å²) in [5, 5.41) is 0. The Kier molecular flexibility index (Phi) is 5.58. The van der Waals surface area contributed by atoms with Crippen molar-refractivity contribution in [3.05, 3.63) is 89.7 Å². The van der Waals surface area contributed by atoms with Crippen molar-refractivity contribution in [3.8, 4) is 17.2 Å². The van der Waals surface area contributed by atoms with Crippen LogP contribution in [-0.2, 0) is 6.54 Å². The molecule has 0 saturated carbocycles. The average Bonchev–Trinajstić information content (AvgIpc) is 3.18. The zero-order valence-corrected chi connectivity index (χ0v) is 16.0. The Bertz CT molecular complexity index is 929. The fourth-order valence-electron chi connectivity index (χ4n) is 3.88. The van der Waals surface area contributed by atoms with Gasteiger partial charge in [-0.2, -0.15) is 4.39 Å². The Labute approximate surface area is 165 Å². The van der Waals surface area contributed by atoms with Gasteiger partial charge in [0.1, 0.15) is 5.75 Å². The quantitative estimate of drug-likeness (QED) is 0.529. The van der Waals surface area contributed by atoms with Crippen molar-refractivity contribution in [1.29, 1.82) is 0 Å². The van der Waals surface area contributed by atoms with Crippen molar-refractivity contribution in [2.75, 3.05) is 13.7 Å². The predicted molar refractivity (Wildman–Crippen MR) is 108 cm³/mol. The molecule has 1 saturated heterocycles. The van der Waals surface area contributed by atoms with Gasteiger partial charge in [-0.25, -0.2) is 0 Å². The highest BCUT2D eigenvalue weighted by Gasteiger charge is 2.28. The molecule has 4 heteroatoms. The highest BCUT2D eigenvalue weighted by molar-refractivity contribution is 5.43. The lowest BCUT2D eigenvalue weighted by Gasteiger charge is -2.26. The third-order valence-corrected chi connectivity index (χ3v) is 5.24. The Balaban J connectivity index is 1.60. The lowest BCUT2D eigenvalue weighted by Crippen LogP contribution is -2.23. The molecule has 3 aromatic rings. The largest absolute Gasteiger partial charge is 0.494 e. The predicted octanol–water partition coefficient (Wildman–Crippen LogP) is 5.96. The maximum absolute atomic E-state index is 14.6. The molecule has 0 unspecified atom stereocenters. The van der Waals surface area contributed by atoms with Crippen LogP contribution in [0.1, 0.15) is 30.0 Å². The van der Waals surface area contributed by atoms with Crippen LogP contribution in [0.3, 0.4) is 0 Å². The summed E-state index contributed by atoms with van der Waals surface area (Å²) >= 11 is 0. The number of hydrogen-bond acceptors (Lipinski definition) is 3. The number of para-hydroxylation sites is 1. The SMILES string of the molecule is COc1cccc(Oc2ccccc2[C@@H]2CCCN2Cc2ccccc2)c1F. The van der Waals surface area contributed by atoms with E-state index in [4.69, 9.17) is 9.47 Å². The molecule has 1 aliphatic heterocycles. The first-order valence-electron chi connectivity index (χ1n) is 9.63. The van der Waals surface area contributed by atoms with Gasteiger partial charge in [0.05, 0.1) is 7.11 Å². The molecule has 0 radical (unpaired) electrons. The van der Waals surface area contributed by atoms with Gasteiger partial charge < -0.3 is 9.47 Å². The van der Waals surface area contributed by atoms with Crippen molar-refractivity contribution in [3.63, 3.8) is 0 Å². The van der Waals surface area contributed by atoms with Crippen molar-refractivity contribution in [2.45, 2.75) is 25.4 Å². The molecule has 0 spiro atoms. The van der Waals surface area contributed by atoms with Crippen LogP contribution in [0, 0.1) is 5.82 Å². The van der Waals surface area contributed by atoms with Crippen molar-refractivity contribution < 1.29 is 13.9 Å². The standard InChI is InChI=1S/C24H24FNO2/c1-27-22-14-7-15-23(24(22)25)28-21-13-6-5-11-19(21)20-12-8-16-26(20)17-18-9-3-2-4-10-18/h2-7,9-11,13-15,20H,8,12,16-17H2,1H3/t20-/m0/s1. The minimum absolute atomic E-state index is 0.180. The Hall–Kier alpha value is -2.85. The van der Waals surface area contributed by atoms with Crippen LogP contribution in [0.15, 0.2) is 72.8 Å². The molecule has 1 fully saturated rings. The summed E-state index contributed by atoms with van der Waals surface area (Å²) in [6.07, 6.45) is 2.20. The van der Waals surface area contributed by atoms with E-state index >= 15 is 0 Å². The Morgan fingerprint density at radius 3 is 2.43 bits per heavy atom. The van der Waals surface area contributed by atoms with E-state index in [0.29, 0.717) is 5.75 Å². The monoisotopic (exact) mass is 377 g/mol. The Morgan fingerprint density at radius 1 is 0.893 bits per heavy atom. The lowest BCUT2D eigenvalue weighted by molar-refractivity contribution is 0.244. The molecule has 4 rings (SSSR count). The third-order valence-electron chi connectivity index (χ3n) is 5.24. The number of methoxy groups -OCH3 is 1. The van der Waals surface area contributed by atoms with Crippen molar-refractivity contribution >= 4 is 0 Å². The van der Waals surface area contributed by atoms with Gasteiger partial charge in [-0.05, 0) is 43.1 Å². The van der Waals surface area contributed by atoms with E-state index in [9.17, 15) is 4.39 Å². The Morgan fingerprint density at radius 2 is 1.61 bits per heavy atom. The van der Waals surface area contributed by atoms with E-state index in [0.717, 1.165) is 31.5 Å². The van der Waals surface area contributed by atoms with Gasteiger partial charge in [0.2, 0.25) is 5.82 Å². The van der Waals surface area contributed by atoms with E-state index < -0.39 is 5.82 Å². The topological polar surface area (TPSA) is 21.7 Å². The molecule has 0 N–H and O–H groups in total. The first-order valence-corrected chi connectivity index (χ1v) is 9.63. The third kappa shape index (κ3) is 3.87. The van der Waals surface area contributed by atoms with Crippen LogP contribution in [0.4, 0.5) is 4.39 Å². The minimum Gasteiger partial charge on any atom is -0.494 e. The fraction of sp³-hybridized carbons (Fsp3) is 0.250. The molecule has 3 nitrogen and oxygen atoms in total. The molecule has 144 valence electrons. The summed E-state index contributed by atoms with van der Waals surface area (Å²) < 4.78 is 25.7. The molecule has 1 aliphatic rings.